The number of H-pyrrole nitrogens is 1. The van der Waals surface area contributed by atoms with Crippen LogP contribution >= 0.6 is 0 Å². The fourth-order valence-electron chi connectivity index (χ4n) is 5.20. The number of aromatic nitrogens is 2. The van der Waals surface area contributed by atoms with Crippen LogP contribution in [0.2, 0.25) is 0 Å². The van der Waals surface area contributed by atoms with Gasteiger partial charge >= 0.3 is 0 Å². The molecule has 2 amide bonds. The predicted octanol–water partition coefficient (Wildman–Crippen LogP) is 3.30. The van der Waals surface area contributed by atoms with Gasteiger partial charge in [-0.25, -0.2) is 0 Å². The number of aryl methyl sites for hydroxylation is 1. The lowest BCUT2D eigenvalue weighted by Gasteiger charge is -2.45. The van der Waals surface area contributed by atoms with E-state index in [0.717, 1.165) is 50.9 Å². The number of aromatic amines is 1. The van der Waals surface area contributed by atoms with E-state index in [2.05, 4.69) is 34.2 Å². The summed E-state index contributed by atoms with van der Waals surface area (Å²) in [5.41, 5.74) is 3.09. The van der Waals surface area contributed by atoms with Gasteiger partial charge in [0.25, 0.3) is 0 Å². The minimum absolute atomic E-state index is 0.100. The highest BCUT2D eigenvalue weighted by Crippen LogP contribution is 2.39. The fourth-order valence-corrected chi connectivity index (χ4v) is 5.20. The largest absolute Gasteiger partial charge is 0.343 e. The molecule has 6 nitrogen and oxygen atoms in total. The van der Waals surface area contributed by atoms with E-state index >= 15 is 0 Å². The SMILES string of the molecule is CC(=O)N1CCC(Cc2ccccc2)(C(=O)N2CCCC(c3[nH]ncc3C)C2)CC1. The highest BCUT2D eigenvalue weighted by molar-refractivity contribution is 5.84. The van der Waals surface area contributed by atoms with Gasteiger partial charge in [0.2, 0.25) is 11.8 Å². The maximum Gasteiger partial charge on any atom is 0.229 e. The van der Waals surface area contributed by atoms with Crippen LogP contribution in [0.25, 0.3) is 0 Å². The van der Waals surface area contributed by atoms with Crippen LogP contribution in [0.1, 0.15) is 55.3 Å². The standard InChI is InChI=1S/C24H32N4O2/c1-18-16-25-26-22(18)21-9-6-12-28(17-21)23(30)24(15-20-7-4-3-5-8-20)10-13-27(14-11-24)19(2)29/h3-5,7-8,16,21H,6,9-15,17H2,1-2H3,(H,25,26). The number of amides is 2. The van der Waals surface area contributed by atoms with E-state index in [1.807, 2.05) is 29.3 Å². The molecular formula is C24H32N4O2. The van der Waals surface area contributed by atoms with Crippen molar-refractivity contribution in [1.29, 1.82) is 0 Å². The first-order chi connectivity index (χ1) is 14.5. The van der Waals surface area contributed by atoms with Crippen molar-refractivity contribution in [2.45, 2.75) is 51.9 Å². The molecule has 160 valence electrons. The fraction of sp³-hybridized carbons (Fsp3) is 0.542. The van der Waals surface area contributed by atoms with Crippen molar-refractivity contribution in [3.8, 4) is 0 Å². The molecular weight excluding hydrogens is 376 g/mol. The summed E-state index contributed by atoms with van der Waals surface area (Å²) in [7, 11) is 0. The van der Waals surface area contributed by atoms with Crippen LogP contribution < -0.4 is 0 Å². The van der Waals surface area contributed by atoms with Gasteiger partial charge in [0.15, 0.2) is 0 Å². The zero-order valence-corrected chi connectivity index (χ0v) is 18.1. The van der Waals surface area contributed by atoms with Crippen molar-refractivity contribution in [3.05, 3.63) is 53.3 Å². The average molecular weight is 409 g/mol. The third-order valence-electron chi connectivity index (χ3n) is 6.99. The molecule has 1 N–H and O–H groups in total. The molecule has 2 aliphatic rings. The van der Waals surface area contributed by atoms with Gasteiger partial charge in [0, 0.05) is 44.7 Å². The Labute approximate surface area is 178 Å². The van der Waals surface area contributed by atoms with Gasteiger partial charge in [-0.05, 0) is 50.2 Å². The maximum absolute atomic E-state index is 14.0. The molecule has 2 saturated heterocycles. The number of benzene rings is 1. The average Bonchev–Trinajstić information content (AvgIpc) is 3.20. The quantitative estimate of drug-likeness (QED) is 0.844. The lowest BCUT2D eigenvalue weighted by Crippen LogP contribution is -2.53. The van der Waals surface area contributed by atoms with E-state index in [1.165, 1.54) is 11.1 Å². The lowest BCUT2D eigenvalue weighted by molar-refractivity contribution is -0.149. The highest BCUT2D eigenvalue weighted by Gasteiger charge is 2.45. The molecule has 0 aliphatic carbocycles. The normalized spacial score (nSPS) is 21.5. The van der Waals surface area contributed by atoms with Crippen molar-refractivity contribution in [2.75, 3.05) is 26.2 Å². The number of hydrogen-bond acceptors (Lipinski definition) is 3. The van der Waals surface area contributed by atoms with E-state index in [4.69, 9.17) is 0 Å². The minimum Gasteiger partial charge on any atom is -0.343 e. The van der Waals surface area contributed by atoms with Crippen LogP contribution in [0.15, 0.2) is 36.5 Å². The smallest absolute Gasteiger partial charge is 0.229 e. The molecule has 1 unspecified atom stereocenters. The van der Waals surface area contributed by atoms with E-state index in [9.17, 15) is 9.59 Å². The zero-order valence-electron chi connectivity index (χ0n) is 18.1. The summed E-state index contributed by atoms with van der Waals surface area (Å²) in [5.74, 6) is 0.677. The van der Waals surface area contributed by atoms with Crippen LogP contribution in [-0.2, 0) is 16.0 Å². The Kier molecular flexibility index (Phi) is 5.93. The summed E-state index contributed by atoms with van der Waals surface area (Å²) >= 11 is 0. The molecule has 0 spiro atoms. The van der Waals surface area contributed by atoms with Crippen LogP contribution in [0.4, 0.5) is 0 Å². The molecule has 2 aliphatic heterocycles. The third-order valence-corrected chi connectivity index (χ3v) is 6.99. The van der Waals surface area contributed by atoms with Gasteiger partial charge in [-0.3, -0.25) is 14.7 Å². The Balaban J connectivity index is 1.56. The summed E-state index contributed by atoms with van der Waals surface area (Å²) in [6.07, 6.45) is 6.15. The number of carbonyl (C=O) groups excluding carboxylic acids is 2. The Morgan fingerprint density at radius 1 is 1.13 bits per heavy atom. The van der Waals surface area contributed by atoms with Crippen molar-refractivity contribution in [2.24, 2.45) is 5.41 Å². The molecule has 1 atom stereocenters. The highest BCUT2D eigenvalue weighted by atomic mass is 16.2. The second-order valence-electron chi connectivity index (χ2n) is 9.01. The van der Waals surface area contributed by atoms with E-state index in [1.54, 1.807) is 6.92 Å². The number of likely N-dealkylation sites (tertiary alicyclic amines) is 2. The second kappa shape index (κ2) is 8.62. The monoisotopic (exact) mass is 408 g/mol. The second-order valence-corrected chi connectivity index (χ2v) is 9.01. The van der Waals surface area contributed by atoms with E-state index in [-0.39, 0.29) is 11.8 Å². The number of carbonyl (C=O) groups is 2. The van der Waals surface area contributed by atoms with Gasteiger partial charge < -0.3 is 9.80 Å². The molecule has 0 bridgehead atoms. The van der Waals surface area contributed by atoms with Crippen LogP contribution in [0.3, 0.4) is 0 Å². The van der Waals surface area contributed by atoms with Crippen molar-refractivity contribution < 1.29 is 9.59 Å². The van der Waals surface area contributed by atoms with Gasteiger partial charge in [0.05, 0.1) is 11.6 Å². The topological polar surface area (TPSA) is 69.3 Å². The molecule has 2 aromatic rings. The Bertz CT molecular complexity index is 884. The molecule has 1 aromatic heterocycles. The van der Waals surface area contributed by atoms with Crippen LogP contribution in [-0.4, -0.2) is 58.0 Å². The molecule has 6 heteroatoms. The summed E-state index contributed by atoms with van der Waals surface area (Å²) in [4.78, 5) is 29.8. The molecule has 3 heterocycles. The Hall–Kier alpha value is -2.63. The van der Waals surface area contributed by atoms with Gasteiger partial charge in [-0.2, -0.15) is 5.10 Å². The Morgan fingerprint density at radius 2 is 1.87 bits per heavy atom. The molecule has 0 saturated carbocycles. The third kappa shape index (κ3) is 4.13. The number of nitrogens with one attached hydrogen (secondary N) is 1. The van der Waals surface area contributed by atoms with E-state index in [0.29, 0.717) is 19.0 Å². The van der Waals surface area contributed by atoms with Crippen molar-refractivity contribution >= 4 is 11.8 Å². The Morgan fingerprint density at radius 3 is 2.50 bits per heavy atom. The molecule has 4 rings (SSSR count). The summed E-state index contributed by atoms with van der Waals surface area (Å²) in [6, 6.07) is 10.3. The molecule has 2 fully saturated rings. The van der Waals surface area contributed by atoms with Gasteiger partial charge in [-0.15, -0.1) is 0 Å². The maximum atomic E-state index is 14.0. The summed E-state index contributed by atoms with van der Waals surface area (Å²) in [6.45, 7) is 6.57. The van der Waals surface area contributed by atoms with Crippen LogP contribution in [0.5, 0.6) is 0 Å². The van der Waals surface area contributed by atoms with Crippen molar-refractivity contribution in [1.82, 2.24) is 20.0 Å². The minimum atomic E-state index is -0.432. The molecule has 0 radical (unpaired) electrons. The van der Waals surface area contributed by atoms with Crippen molar-refractivity contribution in [3.63, 3.8) is 0 Å². The lowest BCUT2D eigenvalue weighted by atomic mass is 9.72. The summed E-state index contributed by atoms with van der Waals surface area (Å²) < 4.78 is 0. The first kappa shape index (κ1) is 20.6. The van der Waals surface area contributed by atoms with E-state index < -0.39 is 5.41 Å². The predicted molar refractivity (Wildman–Crippen MR) is 116 cm³/mol. The number of hydrogen-bond donors (Lipinski definition) is 1. The number of piperidine rings is 2. The van der Waals surface area contributed by atoms with Gasteiger partial charge in [0.1, 0.15) is 0 Å². The number of nitrogens with zero attached hydrogens (tertiary/aromatic N) is 3. The zero-order chi connectivity index (χ0) is 21.1. The molecule has 30 heavy (non-hydrogen) atoms. The van der Waals surface area contributed by atoms with Crippen LogP contribution in [0, 0.1) is 12.3 Å². The first-order valence-electron chi connectivity index (χ1n) is 11.1. The van der Waals surface area contributed by atoms with Gasteiger partial charge in [-0.1, -0.05) is 30.3 Å². The number of rotatable bonds is 4. The molecule has 1 aromatic carbocycles. The first-order valence-corrected chi connectivity index (χ1v) is 11.1. The summed E-state index contributed by atoms with van der Waals surface area (Å²) in [5, 5.41) is 7.33.